The number of halogens is 1. The van der Waals surface area contributed by atoms with Crippen LogP contribution in [0.1, 0.15) is 22.7 Å². The van der Waals surface area contributed by atoms with Crippen molar-refractivity contribution in [2.45, 2.75) is 12.8 Å². The van der Waals surface area contributed by atoms with E-state index in [-0.39, 0.29) is 5.69 Å². The first-order valence-electron chi connectivity index (χ1n) is 5.23. The minimum absolute atomic E-state index is 0.0875. The van der Waals surface area contributed by atoms with Crippen LogP contribution in [0.25, 0.3) is 5.52 Å². The number of imidazole rings is 1. The Morgan fingerprint density at radius 3 is 2.94 bits per heavy atom. The molecule has 0 saturated heterocycles. The molecule has 90 valence electrons. The highest BCUT2D eigenvalue weighted by molar-refractivity contribution is 9.10. The zero-order valence-electron chi connectivity index (χ0n) is 9.06. The third kappa shape index (κ3) is 2.32. The van der Waals surface area contributed by atoms with E-state index in [4.69, 9.17) is 10.8 Å². The van der Waals surface area contributed by atoms with Crippen molar-refractivity contribution in [1.82, 2.24) is 9.38 Å². The quantitative estimate of drug-likeness (QED) is 0.900. The van der Waals surface area contributed by atoms with Gasteiger partial charge in [0, 0.05) is 17.1 Å². The smallest absolute Gasteiger partial charge is 0.356 e. The Bertz CT molecular complexity index is 565. The van der Waals surface area contributed by atoms with Crippen molar-refractivity contribution in [2.75, 3.05) is 6.54 Å². The fraction of sp³-hybridized carbons (Fsp3) is 0.273. The first kappa shape index (κ1) is 12.1. The zero-order chi connectivity index (χ0) is 12.4. The highest BCUT2D eigenvalue weighted by Gasteiger charge is 2.16. The van der Waals surface area contributed by atoms with Gasteiger partial charge in [-0.1, -0.05) is 0 Å². The molecule has 0 aliphatic rings. The summed E-state index contributed by atoms with van der Waals surface area (Å²) in [6, 6.07) is 3.54. The minimum atomic E-state index is -1.01. The van der Waals surface area contributed by atoms with Crippen LogP contribution >= 0.6 is 15.9 Å². The highest BCUT2D eigenvalue weighted by atomic mass is 79.9. The average molecular weight is 298 g/mol. The molecule has 2 aromatic heterocycles. The van der Waals surface area contributed by atoms with Gasteiger partial charge in [0.1, 0.15) is 5.82 Å². The van der Waals surface area contributed by atoms with E-state index in [0.717, 1.165) is 16.7 Å². The molecule has 2 aromatic rings. The van der Waals surface area contributed by atoms with Gasteiger partial charge in [-0.15, -0.1) is 0 Å². The molecule has 0 spiro atoms. The fourth-order valence-electron chi connectivity index (χ4n) is 1.72. The first-order chi connectivity index (χ1) is 8.13. The molecule has 6 heteroatoms. The summed E-state index contributed by atoms with van der Waals surface area (Å²) in [7, 11) is 0. The topological polar surface area (TPSA) is 80.6 Å². The predicted octanol–water partition coefficient (Wildman–Crippen LogP) is 1.69. The number of carboxylic acid groups (broad SMARTS) is 1. The molecule has 0 aromatic carbocycles. The Kier molecular flexibility index (Phi) is 3.44. The van der Waals surface area contributed by atoms with Gasteiger partial charge in [0.05, 0.1) is 5.52 Å². The number of nitrogens with zero attached hydrogens (tertiary/aromatic N) is 2. The molecule has 0 fully saturated rings. The largest absolute Gasteiger partial charge is 0.476 e. The molecule has 0 amide bonds. The van der Waals surface area contributed by atoms with Crippen molar-refractivity contribution in [2.24, 2.45) is 5.73 Å². The summed E-state index contributed by atoms with van der Waals surface area (Å²) in [6.07, 6.45) is 3.27. The molecule has 0 radical (unpaired) electrons. The normalized spacial score (nSPS) is 10.9. The summed E-state index contributed by atoms with van der Waals surface area (Å²) in [6.45, 7) is 0.561. The molecular weight excluding hydrogens is 286 g/mol. The monoisotopic (exact) mass is 297 g/mol. The van der Waals surface area contributed by atoms with Crippen molar-refractivity contribution in [3.8, 4) is 0 Å². The second-order valence-electron chi connectivity index (χ2n) is 3.68. The Morgan fingerprint density at radius 1 is 1.53 bits per heavy atom. The van der Waals surface area contributed by atoms with E-state index in [9.17, 15) is 4.79 Å². The standard InChI is InChI=1S/C11H12BrN3O2/c12-7-3-4-8-10(11(16)17)14-9(2-1-5-13)15(8)6-7/h3-4,6H,1-2,5,13H2,(H,16,17). The van der Waals surface area contributed by atoms with E-state index in [1.165, 1.54) is 0 Å². The van der Waals surface area contributed by atoms with Gasteiger partial charge >= 0.3 is 5.97 Å². The van der Waals surface area contributed by atoms with Gasteiger partial charge in [0.2, 0.25) is 0 Å². The van der Waals surface area contributed by atoms with Crippen molar-refractivity contribution in [1.29, 1.82) is 0 Å². The molecule has 0 atom stereocenters. The van der Waals surface area contributed by atoms with Gasteiger partial charge in [0.25, 0.3) is 0 Å². The van der Waals surface area contributed by atoms with E-state index in [2.05, 4.69) is 20.9 Å². The summed E-state index contributed by atoms with van der Waals surface area (Å²) in [5.74, 6) is -0.284. The van der Waals surface area contributed by atoms with Crippen molar-refractivity contribution >= 4 is 27.4 Å². The van der Waals surface area contributed by atoms with Crippen LogP contribution in [0, 0.1) is 0 Å². The third-order valence-corrected chi connectivity index (χ3v) is 2.95. The van der Waals surface area contributed by atoms with Crippen LogP contribution in [0.2, 0.25) is 0 Å². The predicted molar refractivity (Wildman–Crippen MR) is 67.2 cm³/mol. The van der Waals surface area contributed by atoms with Gasteiger partial charge in [-0.25, -0.2) is 9.78 Å². The zero-order valence-corrected chi connectivity index (χ0v) is 10.6. The number of nitrogens with two attached hydrogens (primary N) is 1. The molecule has 2 heterocycles. The molecule has 0 unspecified atom stereocenters. The van der Waals surface area contributed by atoms with Crippen molar-refractivity contribution in [3.63, 3.8) is 0 Å². The van der Waals surface area contributed by atoms with E-state index >= 15 is 0 Å². The number of carboxylic acids is 1. The third-order valence-electron chi connectivity index (χ3n) is 2.48. The molecule has 0 bridgehead atoms. The lowest BCUT2D eigenvalue weighted by atomic mass is 10.3. The maximum atomic E-state index is 11.1. The van der Waals surface area contributed by atoms with Crippen LogP contribution in [0.15, 0.2) is 22.8 Å². The van der Waals surface area contributed by atoms with Crippen molar-refractivity contribution in [3.05, 3.63) is 34.3 Å². The van der Waals surface area contributed by atoms with Crippen LogP contribution in [0.4, 0.5) is 0 Å². The molecule has 3 N–H and O–H groups in total. The van der Waals surface area contributed by atoms with E-state index in [1.54, 1.807) is 16.5 Å². The molecule has 5 nitrogen and oxygen atoms in total. The summed E-state index contributed by atoms with van der Waals surface area (Å²) < 4.78 is 2.68. The van der Waals surface area contributed by atoms with Crippen molar-refractivity contribution < 1.29 is 9.90 Å². The molecule has 17 heavy (non-hydrogen) atoms. The number of hydrogen-bond acceptors (Lipinski definition) is 3. The Hall–Kier alpha value is -1.40. The van der Waals surface area contributed by atoms with Crippen LogP contribution in [0.5, 0.6) is 0 Å². The summed E-state index contributed by atoms with van der Waals surface area (Å²) in [4.78, 5) is 15.2. The number of aromatic carboxylic acids is 1. The van der Waals surface area contributed by atoms with Gasteiger partial charge in [-0.2, -0.15) is 0 Å². The number of pyridine rings is 1. The maximum Gasteiger partial charge on any atom is 0.356 e. The lowest BCUT2D eigenvalue weighted by Gasteiger charge is -2.00. The van der Waals surface area contributed by atoms with Gasteiger partial charge in [0.15, 0.2) is 5.69 Å². The molecule has 0 aliphatic carbocycles. The van der Waals surface area contributed by atoms with E-state index in [0.29, 0.717) is 18.5 Å². The second kappa shape index (κ2) is 4.85. The van der Waals surface area contributed by atoms with Crippen LogP contribution in [-0.4, -0.2) is 27.0 Å². The second-order valence-corrected chi connectivity index (χ2v) is 4.59. The van der Waals surface area contributed by atoms with E-state index < -0.39 is 5.97 Å². The Morgan fingerprint density at radius 2 is 2.29 bits per heavy atom. The lowest BCUT2D eigenvalue weighted by molar-refractivity contribution is 0.0693. The summed E-state index contributed by atoms with van der Waals surface area (Å²) >= 11 is 3.36. The number of rotatable bonds is 4. The minimum Gasteiger partial charge on any atom is -0.476 e. The van der Waals surface area contributed by atoms with Gasteiger partial charge < -0.3 is 15.2 Å². The van der Waals surface area contributed by atoms with Gasteiger partial charge in [-0.3, -0.25) is 0 Å². The van der Waals surface area contributed by atoms with Crippen LogP contribution < -0.4 is 5.73 Å². The van der Waals surface area contributed by atoms with Crippen LogP contribution in [-0.2, 0) is 6.42 Å². The number of aromatic nitrogens is 2. The number of fused-ring (bicyclic) bond motifs is 1. The number of aryl methyl sites for hydroxylation is 1. The molecular formula is C11H12BrN3O2. The van der Waals surface area contributed by atoms with Gasteiger partial charge in [-0.05, 0) is 41.0 Å². The lowest BCUT2D eigenvalue weighted by Crippen LogP contribution is -2.03. The number of hydrogen-bond donors (Lipinski definition) is 2. The summed E-state index contributed by atoms with van der Waals surface area (Å²) in [5, 5.41) is 9.08. The average Bonchev–Trinajstić information content (AvgIpc) is 2.64. The Labute approximate surface area is 106 Å². The first-order valence-corrected chi connectivity index (χ1v) is 6.02. The van der Waals surface area contributed by atoms with Crippen LogP contribution in [0.3, 0.4) is 0 Å². The fourth-order valence-corrected chi connectivity index (χ4v) is 2.05. The SMILES string of the molecule is NCCCc1nc(C(=O)O)c2ccc(Br)cn12. The summed E-state index contributed by atoms with van der Waals surface area (Å²) in [5.41, 5.74) is 6.15. The molecule has 0 aliphatic heterocycles. The maximum absolute atomic E-state index is 11.1. The molecule has 2 rings (SSSR count). The number of carbonyl (C=O) groups is 1. The Balaban J connectivity index is 2.58. The highest BCUT2D eigenvalue weighted by Crippen LogP contribution is 2.18. The van der Waals surface area contributed by atoms with E-state index in [1.807, 2.05) is 6.20 Å². The molecule has 0 saturated carbocycles.